The van der Waals surface area contributed by atoms with Gasteiger partial charge in [-0.2, -0.15) is 0 Å². The van der Waals surface area contributed by atoms with Crippen LogP contribution >= 0.6 is 0 Å². The van der Waals surface area contributed by atoms with E-state index < -0.39 is 0 Å². The predicted octanol–water partition coefficient (Wildman–Crippen LogP) is 5.71. The molecule has 3 heterocycles. The second kappa shape index (κ2) is 9.92. The van der Waals surface area contributed by atoms with Crippen LogP contribution in [-0.4, -0.2) is 42.0 Å². The number of benzene rings is 2. The van der Waals surface area contributed by atoms with E-state index in [0.717, 1.165) is 47.8 Å². The van der Waals surface area contributed by atoms with E-state index in [1.807, 2.05) is 30.3 Å². The van der Waals surface area contributed by atoms with Gasteiger partial charge in [0.15, 0.2) is 0 Å². The first-order valence-corrected chi connectivity index (χ1v) is 12.4. The Morgan fingerprint density at radius 2 is 1.64 bits per heavy atom. The minimum Gasteiger partial charge on any atom is -0.356 e. The summed E-state index contributed by atoms with van der Waals surface area (Å²) in [6.45, 7) is 7.74. The Bertz CT molecular complexity index is 1100. The van der Waals surface area contributed by atoms with Crippen molar-refractivity contribution in [2.75, 3.05) is 36.4 Å². The number of carbonyl (C=O) groups excluding carboxylic acids is 1. The van der Waals surface area contributed by atoms with E-state index in [-0.39, 0.29) is 5.91 Å². The van der Waals surface area contributed by atoms with Gasteiger partial charge in [-0.05, 0) is 74.2 Å². The minimum absolute atomic E-state index is 0.110. The molecule has 0 saturated carbocycles. The summed E-state index contributed by atoms with van der Waals surface area (Å²) in [5, 5.41) is 5.09. The third kappa shape index (κ3) is 5.03. The fourth-order valence-corrected chi connectivity index (χ4v) is 5.09. The SMILES string of the molecule is CC1CCN(Cc2ccc(NC(=O)c3cnc(N4CCCCC4)c4ccccc34)cc2)CC1. The maximum atomic E-state index is 13.2. The molecule has 2 saturated heterocycles. The zero-order valence-electron chi connectivity index (χ0n) is 19.6. The molecule has 0 radical (unpaired) electrons. The number of amides is 1. The van der Waals surface area contributed by atoms with E-state index in [1.165, 1.54) is 50.8 Å². The molecule has 2 aliphatic rings. The number of rotatable bonds is 5. The topological polar surface area (TPSA) is 48.5 Å². The van der Waals surface area contributed by atoms with E-state index in [0.29, 0.717) is 5.56 Å². The van der Waals surface area contributed by atoms with E-state index in [4.69, 9.17) is 4.98 Å². The van der Waals surface area contributed by atoms with Crippen LogP contribution in [0.25, 0.3) is 10.8 Å². The lowest BCUT2D eigenvalue weighted by molar-refractivity contribution is 0.102. The standard InChI is InChI=1S/C28H34N4O/c1-21-13-17-31(18-14-21)20-22-9-11-23(12-10-22)30-28(33)26-19-29-27(32-15-5-2-6-16-32)25-8-4-3-7-24(25)26/h3-4,7-12,19,21H,2,5-6,13-18,20H2,1H3,(H,30,33). The number of piperidine rings is 2. The minimum atomic E-state index is -0.110. The monoisotopic (exact) mass is 442 g/mol. The van der Waals surface area contributed by atoms with Crippen LogP contribution in [0.5, 0.6) is 0 Å². The summed E-state index contributed by atoms with van der Waals surface area (Å²) in [6.07, 6.45) is 7.99. The Kier molecular flexibility index (Phi) is 6.58. The molecule has 0 aliphatic carbocycles. The van der Waals surface area contributed by atoms with Gasteiger partial charge in [-0.25, -0.2) is 4.98 Å². The first-order valence-electron chi connectivity index (χ1n) is 12.4. The van der Waals surface area contributed by atoms with E-state index in [1.54, 1.807) is 6.20 Å². The van der Waals surface area contributed by atoms with Crippen molar-refractivity contribution in [2.24, 2.45) is 5.92 Å². The number of aromatic nitrogens is 1. The van der Waals surface area contributed by atoms with E-state index in [9.17, 15) is 4.79 Å². The van der Waals surface area contributed by atoms with Crippen molar-refractivity contribution < 1.29 is 4.79 Å². The van der Waals surface area contributed by atoms with E-state index in [2.05, 4.69) is 40.2 Å². The largest absolute Gasteiger partial charge is 0.356 e. The summed E-state index contributed by atoms with van der Waals surface area (Å²) in [6, 6.07) is 16.4. The number of carbonyl (C=O) groups is 1. The van der Waals surface area contributed by atoms with Crippen molar-refractivity contribution in [1.82, 2.24) is 9.88 Å². The van der Waals surface area contributed by atoms with Crippen LogP contribution in [0.4, 0.5) is 11.5 Å². The molecule has 0 atom stereocenters. The van der Waals surface area contributed by atoms with Crippen LogP contribution in [0.3, 0.4) is 0 Å². The first kappa shape index (κ1) is 21.9. The number of hydrogen-bond acceptors (Lipinski definition) is 4. The van der Waals surface area contributed by atoms with Gasteiger partial charge < -0.3 is 10.2 Å². The molecule has 0 spiro atoms. The van der Waals surface area contributed by atoms with Crippen molar-refractivity contribution in [3.05, 3.63) is 65.9 Å². The van der Waals surface area contributed by atoms with Crippen LogP contribution in [-0.2, 0) is 6.54 Å². The molecule has 33 heavy (non-hydrogen) atoms. The van der Waals surface area contributed by atoms with Crippen molar-refractivity contribution in [1.29, 1.82) is 0 Å². The lowest BCUT2D eigenvalue weighted by Gasteiger charge is -2.30. The summed E-state index contributed by atoms with van der Waals surface area (Å²) < 4.78 is 0. The summed E-state index contributed by atoms with van der Waals surface area (Å²) in [5.74, 6) is 1.73. The maximum Gasteiger partial charge on any atom is 0.257 e. The summed E-state index contributed by atoms with van der Waals surface area (Å²) in [4.78, 5) is 22.8. The number of anilines is 2. The van der Waals surface area contributed by atoms with Gasteiger partial charge in [0.2, 0.25) is 0 Å². The predicted molar refractivity (Wildman–Crippen MR) is 136 cm³/mol. The third-order valence-corrected chi connectivity index (χ3v) is 7.17. The molecule has 5 heteroatoms. The Labute approximate surface area is 196 Å². The second-order valence-electron chi connectivity index (χ2n) is 9.70. The molecule has 3 aromatic rings. The van der Waals surface area contributed by atoms with E-state index >= 15 is 0 Å². The summed E-state index contributed by atoms with van der Waals surface area (Å²) >= 11 is 0. The molecule has 1 aromatic heterocycles. The van der Waals surface area contributed by atoms with Crippen LogP contribution in [0, 0.1) is 5.92 Å². The van der Waals surface area contributed by atoms with Crippen molar-refractivity contribution in [3.8, 4) is 0 Å². The maximum absolute atomic E-state index is 13.2. The Morgan fingerprint density at radius 1 is 0.939 bits per heavy atom. The average molecular weight is 443 g/mol. The summed E-state index contributed by atoms with van der Waals surface area (Å²) in [5.41, 5.74) is 2.73. The number of nitrogens with one attached hydrogen (secondary N) is 1. The number of hydrogen-bond donors (Lipinski definition) is 1. The molecule has 1 amide bonds. The molecule has 2 aliphatic heterocycles. The zero-order chi connectivity index (χ0) is 22.6. The Hall–Kier alpha value is -2.92. The highest BCUT2D eigenvalue weighted by Gasteiger charge is 2.19. The van der Waals surface area contributed by atoms with Crippen LogP contribution in [0.1, 0.15) is 54.9 Å². The molecule has 1 N–H and O–H groups in total. The van der Waals surface area contributed by atoms with Gasteiger partial charge in [-0.1, -0.05) is 43.3 Å². The first-order chi connectivity index (χ1) is 16.2. The zero-order valence-corrected chi connectivity index (χ0v) is 19.6. The van der Waals surface area contributed by atoms with Gasteiger partial charge in [0, 0.05) is 36.9 Å². The van der Waals surface area contributed by atoms with Gasteiger partial charge in [0.1, 0.15) is 5.82 Å². The Balaban J connectivity index is 1.30. The highest BCUT2D eigenvalue weighted by atomic mass is 16.1. The van der Waals surface area contributed by atoms with Crippen LogP contribution in [0.15, 0.2) is 54.7 Å². The lowest BCUT2D eigenvalue weighted by Crippen LogP contribution is -2.32. The number of pyridine rings is 1. The lowest BCUT2D eigenvalue weighted by atomic mass is 9.99. The molecular formula is C28H34N4O. The highest BCUT2D eigenvalue weighted by Crippen LogP contribution is 2.29. The molecule has 2 fully saturated rings. The molecule has 0 bridgehead atoms. The molecule has 5 rings (SSSR count). The smallest absolute Gasteiger partial charge is 0.257 e. The fourth-order valence-electron chi connectivity index (χ4n) is 5.09. The van der Waals surface area contributed by atoms with Crippen molar-refractivity contribution >= 4 is 28.2 Å². The molecule has 0 unspecified atom stereocenters. The molecule has 172 valence electrons. The normalized spacial score (nSPS) is 17.9. The number of likely N-dealkylation sites (tertiary alicyclic amines) is 1. The average Bonchev–Trinajstić information content (AvgIpc) is 2.86. The van der Waals surface area contributed by atoms with Crippen LogP contribution < -0.4 is 10.2 Å². The van der Waals surface area contributed by atoms with Crippen molar-refractivity contribution in [3.63, 3.8) is 0 Å². The fraction of sp³-hybridized carbons (Fsp3) is 0.429. The molecular weight excluding hydrogens is 408 g/mol. The summed E-state index contributed by atoms with van der Waals surface area (Å²) in [7, 11) is 0. The third-order valence-electron chi connectivity index (χ3n) is 7.17. The molecule has 5 nitrogen and oxygen atoms in total. The van der Waals surface area contributed by atoms with Gasteiger partial charge in [-0.15, -0.1) is 0 Å². The van der Waals surface area contributed by atoms with Gasteiger partial charge in [0.05, 0.1) is 5.56 Å². The van der Waals surface area contributed by atoms with Gasteiger partial charge in [0.25, 0.3) is 5.91 Å². The quantitative estimate of drug-likeness (QED) is 0.550. The van der Waals surface area contributed by atoms with Crippen molar-refractivity contribution in [2.45, 2.75) is 45.6 Å². The number of fused-ring (bicyclic) bond motifs is 1. The Morgan fingerprint density at radius 3 is 2.36 bits per heavy atom. The second-order valence-corrected chi connectivity index (χ2v) is 9.70. The van der Waals surface area contributed by atoms with Crippen LogP contribution in [0.2, 0.25) is 0 Å². The molecule has 2 aromatic carbocycles. The van der Waals surface area contributed by atoms with Gasteiger partial charge in [-0.3, -0.25) is 9.69 Å². The van der Waals surface area contributed by atoms with Gasteiger partial charge >= 0.3 is 0 Å². The highest BCUT2D eigenvalue weighted by molar-refractivity contribution is 6.14. The number of nitrogens with zero attached hydrogens (tertiary/aromatic N) is 3.